The molecule has 0 N–H and O–H groups in total. The van der Waals surface area contributed by atoms with E-state index in [2.05, 4.69) is 37.0 Å². The van der Waals surface area contributed by atoms with Gasteiger partial charge in [-0.25, -0.2) is 4.58 Å². The van der Waals surface area contributed by atoms with Crippen LogP contribution in [0.15, 0.2) is 0 Å². The summed E-state index contributed by atoms with van der Waals surface area (Å²) in [4.78, 5) is 2.49. The molecule has 6 nitrogen and oxygen atoms in total. The van der Waals surface area contributed by atoms with Crippen LogP contribution in [0.1, 0.15) is 46.5 Å². The van der Waals surface area contributed by atoms with Gasteiger partial charge in [-0.05, 0) is 20.3 Å². The third kappa shape index (κ3) is 12.5. The first-order valence-electron chi connectivity index (χ1n) is 10.8. The Hall–Kier alpha value is -0.530. The minimum Gasteiger partial charge on any atom is -0.379 e. The fraction of sp³-hybridized carbons (Fsp3) is 0.952. The van der Waals surface area contributed by atoms with Crippen molar-refractivity contribution in [2.45, 2.75) is 58.5 Å². The van der Waals surface area contributed by atoms with E-state index < -0.39 is 0 Å². The highest BCUT2D eigenvalue weighted by Gasteiger charge is 2.27. The van der Waals surface area contributed by atoms with E-state index in [9.17, 15) is 0 Å². The maximum atomic E-state index is 5.68. The van der Waals surface area contributed by atoms with Crippen LogP contribution in [-0.2, 0) is 18.9 Å². The summed E-state index contributed by atoms with van der Waals surface area (Å²) in [7, 11) is 0. The van der Waals surface area contributed by atoms with Gasteiger partial charge in [0.05, 0.1) is 46.2 Å². The molecule has 27 heavy (non-hydrogen) atoms. The molecule has 0 spiro atoms. The summed E-state index contributed by atoms with van der Waals surface area (Å²) in [6.45, 7) is 19.5. The van der Waals surface area contributed by atoms with E-state index in [4.69, 9.17) is 18.9 Å². The van der Waals surface area contributed by atoms with Crippen LogP contribution in [-0.4, -0.2) is 101 Å². The van der Waals surface area contributed by atoms with Gasteiger partial charge in [-0.15, -0.1) is 0 Å². The van der Waals surface area contributed by atoms with E-state index in [0.29, 0.717) is 51.7 Å². The van der Waals surface area contributed by atoms with Gasteiger partial charge >= 0.3 is 0 Å². The summed E-state index contributed by atoms with van der Waals surface area (Å²) in [6.07, 6.45) is 4.69. The number of hydrogen-bond donors (Lipinski definition) is 0. The topological polar surface area (TPSA) is 43.2 Å². The van der Waals surface area contributed by atoms with Gasteiger partial charge in [0.25, 0.3) is 0 Å². The average molecular weight is 388 g/mol. The van der Waals surface area contributed by atoms with Crippen LogP contribution in [0.5, 0.6) is 0 Å². The lowest BCUT2D eigenvalue weighted by Gasteiger charge is -2.30. The minimum absolute atomic E-state index is 0.523. The smallest absolute Gasteiger partial charge is 0.154 e. The van der Waals surface area contributed by atoms with Gasteiger partial charge in [0.15, 0.2) is 6.04 Å². The largest absolute Gasteiger partial charge is 0.379 e. The number of likely N-dealkylation sites (tertiary alicyclic amines) is 1. The van der Waals surface area contributed by atoms with Crippen LogP contribution in [0, 0.1) is 0 Å². The molecule has 0 aliphatic carbocycles. The van der Waals surface area contributed by atoms with Gasteiger partial charge < -0.3 is 23.8 Å². The molecule has 6 heteroatoms. The quantitative estimate of drug-likeness (QED) is 0.218. The van der Waals surface area contributed by atoms with Crippen LogP contribution in [0.3, 0.4) is 0 Å². The number of rotatable bonds is 17. The zero-order chi connectivity index (χ0) is 19.7. The normalized spacial score (nSPS) is 16.3. The Kier molecular flexibility index (Phi) is 14.9. The van der Waals surface area contributed by atoms with Crippen LogP contribution >= 0.6 is 0 Å². The Morgan fingerprint density at radius 1 is 0.852 bits per heavy atom. The van der Waals surface area contributed by atoms with Crippen LogP contribution in [0.2, 0.25) is 0 Å². The van der Waals surface area contributed by atoms with Crippen molar-refractivity contribution in [3.05, 3.63) is 0 Å². The van der Waals surface area contributed by atoms with Crippen molar-refractivity contribution < 1.29 is 23.5 Å². The molecule has 0 unspecified atom stereocenters. The summed E-state index contributed by atoms with van der Waals surface area (Å²) in [6, 6.07) is 1.15. The maximum Gasteiger partial charge on any atom is 0.154 e. The van der Waals surface area contributed by atoms with Crippen molar-refractivity contribution in [3.8, 4) is 0 Å². The molecular formula is C21H43N2O4+. The van der Waals surface area contributed by atoms with Crippen molar-refractivity contribution in [3.63, 3.8) is 0 Å². The summed E-state index contributed by atoms with van der Waals surface area (Å²) in [5, 5.41) is 0. The van der Waals surface area contributed by atoms with Crippen molar-refractivity contribution >= 4 is 6.72 Å². The van der Waals surface area contributed by atoms with E-state index in [1.807, 2.05) is 0 Å². The molecule has 0 bridgehead atoms. The Bertz CT molecular complexity index is 358. The number of hydrogen-bond acceptors (Lipinski definition) is 5. The Morgan fingerprint density at radius 3 is 1.81 bits per heavy atom. The van der Waals surface area contributed by atoms with Crippen molar-refractivity contribution in [1.29, 1.82) is 0 Å². The maximum absolute atomic E-state index is 5.68. The average Bonchev–Trinajstić information content (AvgIpc) is 2.68. The van der Waals surface area contributed by atoms with Crippen LogP contribution in [0.25, 0.3) is 0 Å². The Morgan fingerprint density at radius 2 is 1.33 bits per heavy atom. The third-order valence-corrected chi connectivity index (χ3v) is 5.00. The van der Waals surface area contributed by atoms with E-state index >= 15 is 0 Å². The predicted octanol–water partition coefficient (Wildman–Crippen LogP) is 2.44. The lowest BCUT2D eigenvalue weighted by Crippen LogP contribution is -2.43. The summed E-state index contributed by atoms with van der Waals surface area (Å²) in [5.41, 5.74) is 0. The van der Waals surface area contributed by atoms with E-state index in [1.165, 1.54) is 19.3 Å². The van der Waals surface area contributed by atoms with E-state index in [0.717, 1.165) is 39.3 Å². The van der Waals surface area contributed by atoms with Crippen LogP contribution in [0.4, 0.5) is 0 Å². The molecule has 1 aliphatic rings. The molecule has 0 amide bonds. The summed E-state index contributed by atoms with van der Waals surface area (Å²) in [5.74, 6) is 0. The first-order chi connectivity index (χ1) is 13.1. The van der Waals surface area contributed by atoms with Crippen molar-refractivity contribution in [2.75, 3.05) is 72.5 Å². The molecule has 1 rings (SSSR count). The highest BCUT2D eigenvalue weighted by molar-refractivity contribution is 5.15. The second kappa shape index (κ2) is 16.4. The van der Waals surface area contributed by atoms with E-state index in [-0.39, 0.29) is 0 Å². The highest BCUT2D eigenvalue weighted by Crippen LogP contribution is 2.14. The Labute approximate surface area is 166 Å². The SMILES string of the molecule is C=[N+](C(C)C)C1CCN(CCOCCOCCOCCOCCCC)CC1. The highest BCUT2D eigenvalue weighted by atomic mass is 16.6. The molecule has 160 valence electrons. The van der Waals surface area contributed by atoms with Gasteiger partial charge in [-0.2, -0.15) is 0 Å². The molecule has 0 saturated carbocycles. The van der Waals surface area contributed by atoms with Gasteiger partial charge in [-0.3, -0.25) is 0 Å². The standard InChI is InChI=1S/C21H43N2O4/c1-5-6-12-24-14-16-26-18-19-27-17-15-25-13-11-23-9-7-21(8-10-23)22(4)20(2)3/h20-21H,4-19H2,1-3H3/q+1. The monoisotopic (exact) mass is 387 g/mol. The van der Waals surface area contributed by atoms with Crippen molar-refractivity contribution in [1.82, 2.24) is 4.90 Å². The Balaban J connectivity index is 1.81. The first-order valence-corrected chi connectivity index (χ1v) is 10.8. The summed E-state index contributed by atoms with van der Waals surface area (Å²) < 4.78 is 24.3. The molecule has 0 aromatic heterocycles. The molecule has 0 aromatic rings. The minimum atomic E-state index is 0.523. The zero-order valence-electron chi connectivity index (χ0n) is 18.0. The first kappa shape index (κ1) is 24.5. The van der Waals surface area contributed by atoms with Gasteiger partial charge in [0, 0.05) is 39.1 Å². The number of nitrogens with zero attached hydrogens (tertiary/aromatic N) is 2. The fourth-order valence-corrected chi connectivity index (χ4v) is 3.10. The second-order valence-electron chi connectivity index (χ2n) is 7.48. The third-order valence-electron chi connectivity index (χ3n) is 5.00. The molecule has 0 atom stereocenters. The molecule has 1 fully saturated rings. The second-order valence-corrected chi connectivity index (χ2v) is 7.48. The lowest BCUT2D eigenvalue weighted by atomic mass is 10.0. The van der Waals surface area contributed by atoms with E-state index in [1.54, 1.807) is 0 Å². The van der Waals surface area contributed by atoms with Crippen molar-refractivity contribution in [2.24, 2.45) is 0 Å². The molecule has 1 heterocycles. The molecular weight excluding hydrogens is 344 g/mol. The molecule has 0 aromatic carbocycles. The molecule has 0 radical (unpaired) electrons. The number of unbranched alkanes of at least 4 members (excludes halogenated alkanes) is 1. The van der Waals surface area contributed by atoms with Gasteiger partial charge in [-0.1, -0.05) is 13.3 Å². The zero-order valence-corrected chi connectivity index (χ0v) is 18.0. The molecule has 1 aliphatic heterocycles. The lowest BCUT2D eigenvalue weighted by molar-refractivity contribution is -0.590. The number of ether oxygens (including phenoxy) is 4. The fourth-order valence-electron chi connectivity index (χ4n) is 3.10. The predicted molar refractivity (Wildman–Crippen MR) is 110 cm³/mol. The number of piperidine rings is 1. The summed E-state index contributed by atoms with van der Waals surface area (Å²) >= 11 is 0. The van der Waals surface area contributed by atoms with Gasteiger partial charge in [0.1, 0.15) is 12.8 Å². The van der Waals surface area contributed by atoms with Gasteiger partial charge in [0.2, 0.25) is 0 Å². The van der Waals surface area contributed by atoms with Crippen LogP contribution < -0.4 is 0 Å². The molecule has 1 saturated heterocycles.